The van der Waals surface area contributed by atoms with E-state index >= 15 is 0 Å². The second kappa shape index (κ2) is 9.71. The van der Waals surface area contributed by atoms with E-state index in [4.69, 9.17) is 4.42 Å². The van der Waals surface area contributed by atoms with E-state index in [0.29, 0.717) is 12.4 Å². The fourth-order valence-corrected chi connectivity index (χ4v) is 3.54. The Hall–Kier alpha value is -0.360. The predicted molar refractivity (Wildman–Crippen MR) is 110 cm³/mol. The Bertz CT molecular complexity index is 605. The van der Waals surface area contributed by atoms with Gasteiger partial charge in [-0.15, -0.1) is 35.3 Å². The van der Waals surface area contributed by atoms with Crippen molar-refractivity contribution in [2.24, 2.45) is 4.99 Å². The van der Waals surface area contributed by atoms with Crippen molar-refractivity contribution in [3.63, 3.8) is 0 Å². The molecule has 5 nitrogen and oxygen atoms in total. The van der Waals surface area contributed by atoms with Gasteiger partial charge in [0.15, 0.2) is 5.96 Å². The van der Waals surface area contributed by atoms with E-state index < -0.39 is 0 Å². The summed E-state index contributed by atoms with van der Waals surface area (Å²) >= 11 is 4.17. The van der Waals surface area contributed by atoms with Crippen LogP contribution in [0.3, 0.4) is 0 Å². The minimum atomic E-state index is 0. The second-order valence-corrected chi connectivity index (χ2v) is 7.62. The molecule has 0 atom stereocenters. The number of nitrogens with zero attached hydrogens (tertiary/aromatic N) is 2. The first-order valence-electron chi connectivity index (χ1n) is 6.70. The van der Waals surface area contributed by atoms with E-state index in [2.05, 4.69) is 55.3 Å². The molecule has 22 heavy (non-hydrogen) atoms. The van der Waals surface area contributed by atoms with Crippen LogP contribution in [0.2, 0.25) is 0 Å². The molecule has 0 saturated heterocycles. The van der Waals surface area contributed by atoms with Crippen LogP contribution in [0.4, 0.5) is 0 Å². The third-order valence-corrected chi connectivity index (χ3v) is 4.95. The van der Waals surface area contributed by atoms with Crippen molar-refractivity contribution >= 4 is 63.9 Å². The average molecular weight is 546 g/mol. The van der Waals surface area contributed by atoms with E-state index in [0.717, 1.165) is 30.4 Å². The number of oxazole rings is 1. The molecule has 2 N–H and O–H groups in total. The molecule has 0 fully saturated rings. The monoisotopic (exact) mass is 546 g/mol. The fraction of sp³-hybridized carbons (Fsp3) is 0.429. The Labute approximate surface area is 165 Å². The Kier molecular flexibility index (Phi) is 8.69. The third-order valence-electron chi connectivity index (χ3n) is 3.00. The van der Waals surface area contributed by atoms with Crippen molar-refractivity contribution in [2.45, 2.75) is 26.8 Å². The number of aryl methyl sites for hydroxylation is 2. The number of nitrogens with one attached hydrogen (secondary N) is 2. The minimum Gasteiger partial charge on any atom is -0.444 e. The van der Waals surface area contributed by atoms with Crippen LogP contribution < -0.4 is 10.6 Å². The van der Waals surface area contributed by atoms with Crippen molar-refractivity contribution in [1.29, 1.82) is 0 Å². The highest BCUT2D eigenvalue weighted by molar-refractivity contribution is 14.1. The van der Waals surface area contributed by atoms with Crippen LogP contribution in [0.25, 0.3) is 0 Å². The van der Waals surface area contributed by atoms with Gasteiger partial charge in [0.05, 0.1) is 15.1 Å². The highest BCUT2D eigenvalue weighted by Gasteiger charge is 2.06. The lowest BCUT2D eigenvalue weighted by Crippen LogP contribution is -2.37. The van der Waals surface area contributed by atoms with Gasteiger partial charge in [0.25, 0.3) is 0 Å². The SMILES string of the molecule is CN=C(NCCc1ccc(I)s1)NCc1nc(C)c(C)o1.I. The zero-order valence-corrected chi connectivity index (χ0v) is 18.1. The van der Waals surface area contributed by atoms with Crippen molar-refractivity contribution in [3.8, 4) is 0 Å². The lowest BCUT2D eigenvalue weighted by Gasteiger charge is -2.09. The van der Waals surface area contributed by atoms with Crippen molar-refractivity contribution in [2.75, 3.05) is 13.6 Å². The zero-order valence-electron chi connectivity index (χ0n) is 12.8. The largest absolute Gasteiger partial charge is 0.444 e. The lowest BCUT2D eigenvalue weighted by molar-refractivity contribution is 0.464. The second-order valence-electron chi connectivity index (χ2n) is 4.56. The minimum absolute atomic E-state index is 0. The highest BCUT2D eigenvalue weighted by atomic mass is 127. The number of halogens is 2. The molecule has 2 aromatic rings. The van der Waals surface area contributed by atoms with Crippen LogP contribution in [0, 0.1) is 16.7 Å². The van der Waals surface area contributed by atoms with Gasteiger partial charge < -0.3 is 15.1 Å². The van der Waals surface area contributed by atoms with Gasteiger partial charge in [0.2, 0.25) is 5.89 Å². The Morgan fingerprint density at radius 3 is 2.68 bits per heavy atom. The Balaban J connectivity index is 0.00000242. The number of hydrogen-bond donors (Lipinski definition) is 2. The Morgan fingerprint density at radius 1 is 1.36 bits per heavy atom. The summed E-state index contributed by atoms with van der Waals surface area (Å²) in [5.41, 5.74) is 0.932. The molecule has 0 radical (unpaired) electrons. The maximum Gasteiger partial charge on any atom is 0.214 e. The maximum absolute atomic E-state index is 5.53. The number of hydrogen-bond acceptors (Lipinski definition) is 4. The number of guanidine groups is 1. The number of aliphatic imine (C=N–C) groups is 1. The zero-order chi connectivity index (χ0) is 15.2. The lowest BCUT2D eigenvalue weighted by atomic mass is 10.3. The molecule has 0 aliphatic rings. The van der Waals surface area contributed by atoms with E-state index in [9.17, 15) is 0 Å². The molecular formula is C14H20I2N4OS. The first-order chi connectivity index (χ1) is 10.1. The van der Waals surface area contributed by atoms with Crippen LogP contribution >= 0.6 is 57.9 Å². The molecule has 0 amide bonds. The van der Waals surface area contributed by atoms with Gasteiger partial charge in [-0.1, -0.05) is 0 Å². The summed E-state index contributed by atoms with van der Waals surface area (Å²) < 4.78 is 6.85. The van der Waals surface area contributed by atoms with E-state index in [1.807, 2.05) is 25.2 Å². The van der Waals surface area contributed by atoms with Crippen LogP contribution in [0.5, 0.6) is 0 Å². The van der Waals surface area contributed by atoms with Gasteiger partial charge in [0.1, 0.15) is 5.76 Å². The summed E-state index contributed by atoms with van der Waals surface area (Å²) in [6.45, 7) is 5.24. The van der Waals surface area contributed by atoms with Gasteiger partial charge in [-0.2, -0.15) is 0 Å². The van der Waals surface area contributed by atoms with E-state index in [1.165, 1.54) is 7.76 Å². The molecule has 122 valence electrons. The van der Waals surface area contributed by atoms with Gasteiger partial charge in [-0.05, 0) is 55.0 Å². The van der Waals surface area contributed by atoms with Crippen LogP contribution in [0.1, 0.15) is 22.2 Å². The topological polar surface area (TPSA) is 62.5 Å². The summed E-state index contributed by atoms with van der Waals surface area (Å²) in [6.07, 6.45) is 0.992. The van der Waals surface area contributed by atoms with Crippen LogP contribution in [0.15, 0.2) is 21.5 Å². The summed E-state index contributed by atoms with van der Waals surface area (Å²) in [5, 5.41) is 6.49. The predicted octanol–water partition coefficient (Wildman–Crippen LogP) is 3.48. The highest BCUT2D eigenvalue weighted by Crippen LogP contribution is 2.18. The number of rotatable bonds is 5. The van der Waals surface area contributed by atoms with Crippen molar-refractivity contribution in [1.82, 2.24) is 15.6 Å². The molecule has 0 spiro atoms. The van der Waals surface area contributed by atoms with Gasteiger partial charge in [0, 0.05) is 18.5 Å². The summed E-state index contributed by atoms with van der Waals surface area (Å²) in [7, 11) is 1.76. The molecule has 0 aliphatic heterocycles. The molecule has 8 heteroatoms. The van der Waals surface area contributed by atoms with Crippen LogP contribution in [-0.2, 0) is 13.0 Å². The van der Waals surface area contributed by atoms with Gasteiger partial charge >= 0.3 is 0 Å². The molecule has 2 heterocycles. The first-order valence-corrected chi connectivity index (χ1v) is 8.59. The first kappa shape index (κ1) is 19.7. The van der Waals surface area contributed by atoms with Crippen molar-refractivity contribution in [3.05, 3.63) is 37.2 Å². The van der Waals surface area contributed by atoms with E-state index in [1.54, 1.807) is 7.05 Å². The smallest absolute Gasteiger partial charge is 0.214 e. The molecule has 0 aliphatic carbocycles. The number of aromatic nitrogens is 1. The molecule has 0 aromatic carbocycles. The standard InChI is InChI=1S/C14H19IN4OS.HI/c1-9-10(2)20-13(19-9)8-18-14(16-3)17-7-6-11-4-5-12(15)21-11;/h4-5H,6-8H2,1-3H3,(H2,16,17,18);1H. The fourth-order valence-electron chi connectivity index (χ4n) is 1.78. The summed E-state index contributed by atoms with van der Waals surface area (Å²) in [4.78, 5) is 9.91. The van der Waals surface area contributed by atoms with Crippen molar-refractivity contribution < 1.29 is 4.42 Å². The molecule has 2 rings (SSSR count). The molecule has 0 unspecified atom stereocenters. The molecule has 2 aromatic heterocycles. The van der Waals surface area contributed by atoms with E-state index in [-0.39, 0.29) is 24.0 Å². The summed E-state index contributed by atoms with van der Waals surface area (Å²) in [6, 6.07) is 4.31. The van der Waals surface area contributed by atoms with Gasteiger partial charge in [-0.25, -0.2) is 4.98 Å². The molecule has 0 bridgehead atoms. The molecular weight excluding hydrogens is 526 g/mol. The van der Waals surface area contributed by atoms with Gasteiger partial charge in [-0.3, -0.25) is 4.99 Å². The normalized spacial score (nSPS) is 11.2. The molecule has 0 saturated carbocycles. The third kappa shape index (κ3) is 6.03. The Morgan fingerprint density at radius 2 is 2.14 bits per heavy atom. The quantitative estimate of drug-likeness (QED) is 0.343. The number of thiophene rings is 1. The van der Waals surface area contributed by atoms with Crippen LogP contribution in [-0.4, -0.2) is 24.5 Å². The average Bonchev–Trinajstić information content (AvgIpc) is 3.00. The maximum atomic E-state index is 5.53. The summed E-state index contributed by atoms with van der Waals surface area (Å²) in [5.74, 6) is 2.30.